The van der Waals surface area contributed by atoms with Crippen LogP contribution in [-0.2, 0) is 11.2 Å². The molecule has 9 nitrogen and oxygen atoms in total. The van der Waals surface area contributed by atoms with Crippen LogP contribution in [0.5, 0.6) is 17.4 Å². The third kappa shape index (κ3) is 5.43. The summed E-state index contributed by atoms with van der Waals surface area (Å²) in [5.74, 6) is 2.13. The van der Waals surface area contributed by atoms with E-state index in [4.69, 9.17) is 14.2 Å². The molecule has 2 heterocycles. The van der Waals surface area contributed by atoms with Gasteiger partial charge >= 0.3 is 0 Å². The second-order valence-corrected chi connectivity index (χ2v) is 7.59. The molecular formula is C25H27N5O4. The van der Waals surface area contributed by atoms with Crippen molar-refractivity contribution in [1.82, 2.24) is 25.1 Å². The first-order chi connectivity index (χ1) is 16.6. The van der Waals surface area contributed by atoms with Gasteiger partial charge in [0.1, 0.15) is 18.1 Å². The molecule has 9 heteroatoms. The van der Waals surface area contributed by atoms with Gasteiger partial charge in [-0.25, -0.2) is 0 Å². The number of ether oxygens (including phenoxy) is 3. The number of amides is 1. The highest BCUT2D eigenvalue weighted by Crippen LogP contribution is 2.23. The fraction of sp³-hybridized carbons (Fsp3) is 0.280. The fourth-order valence-corrected chi connectivity index (χ4v) is 3.33. The average molecular weight is 462 g/mol. The molecule has 0 bridgehead atoms. The van der Waals surface area contributed by atoms with Gasteiger partial charge in [-0.05, 0) is 49.2 Å². The zero-order valence-corrected chi connectivity index (χ0v) is 19.4. The number of nitrogens with one attached hydrogen (secondary N) is 1. The van der Waals surface area contributed by atoms with Crippen LogP contribution < -0.4 is 19.5 Å². The number of benzene rings is 2. The number of rotatable bonds is 10. The SMILES string of the molecule is CCc1ccc(OC(C)C(=O)NCCOc2ccc3nnc(-c4cccc(OC)c4)n3n2)cc1. The normalized spacial score (nSPS) is 11.7. The molecule has 4 rings (SSSR count). The van der Waals surface area contributed by atoms with E-state index in [1.54, 1.807) is 30.7 Å². The molecule has 1 atom stereocenters. The highest BCUT2D eigenvalue weighted by Gasteiger charge is 2.15. The van der Waals surface area contributed by atoms with Crippen LogP contribution in [0, 0.1) is 0 Å². The molecule has 0 aliphatic carbocycles. The Morgan fingerprint density at radius 2 is 1.88 bits per heavy atom. The number of methoxy groups -OCH3 is 1. The van der Waals surface area contributed by atoms with Crippen LogP contribution >= 0.6 is 0 Å². The minimum Gasteiger partial charge on any atom is -0.497 e. The van der Waals surface area contributed by atoms with E-state index in [9.17, 15) is 4.79 Å². The first-order valence-corrected chi connectivity index (χ1v) is 11.1. The van der Waals surface area contributed by atoms with E-state index in [0.717, 1.165) is 12.0 Å². The molecule has 176 valence electrons. The quantitative estimate of drug-likeness (QED) is 0.362. The first-order valence-electron chi connectivity index (χ1n) is 11.1. The van der Waals surface area contributed by atoms with Crippen LogP contribution in [0.15, 0.2) is 60.7 Å². The Bertz CT molecular complexity index is 1260. The predicted octanol–water partition coefficient (Wildman–Crippen LogP) is 3.32. The van der Waals surface area contributed by atoms with E-state index >= 15 is 0 Å². The van der Waals surface area contributed by atoms with Crippen molar-refractivity contribution in [3.63, 3.8) is 0 Å². The lowest BCUT2D eigenvalue weighted by atomic mass is 10.2. The Hall–Kier alpha value is -4.14. The zero-order chi connectivity index (χ0) is 23.9. The summed E-state index contributed by atoms with van der Waals surface area (Å²) in [5, 5.41) is 15.7. The summed E-state index contributed by atoms with van der Waals surface area (Å²) in [6.45, 7) is 4.36. The van der Waals surface area contributed by atoms with E-state index in [1.165, 1.54) is 5.56 Å². The van der Waals surface area contributed by atoms with Crippen molar-refractivity contribution in [1.29, 1.82) is 0 Å². The molecule has 4 aromatic rings. The number of nitrogens with zero attached hydrogens (tertiary/aromatic N) is 4. The predicted molar refractivity (Wildman–Crippen MR) is 127 cm³/mol. The molecule has 2 aromatic heterocycles. The van der Waals surface area contributed by atoms with Crippen molar-refractivity contribution in [2.24, 2.45) is 0 Å². The molecule has 0 aliphatic rings. The van der Waals surface area contributed by atoms with Crippen molar-refractivity contribution in [3.8, 4) is 28.8 Å². The number of aryl methyl sites for hydroxylation is 1. The Balaban J connectivity index is 1.31. The monoisotopic (exact) mass is 461 g/mol. The summed E-state index contributed by atoms with van der Waals surface area (Å²) in [6, 6.07) is 18.7. The lowest BCUT2D eigenvalue weighted by molar-refractivity contribution is -0.127. The van der Waals surface area contributed by atoms with Gasteiger partial charge in [0.15, 0.2) is 17.6 Å². The number of fused-ring (bicyclic) bond motifs is 1. The molecule has 34 heavy (non-hydrogen) atoms. The molecule has 0 spiro atoms. The molecule has 0 fully saturated rings. The molecule has 1 N–H and O–H groups in total. The van der Waals surface area contributed by atoms with Crippen LogP contribution in [0.1, 0.15) is 19.4 Å². The smallest absolute Gasteiger partial charge is 0.260 e. The summed E-state index contributed by atoms with van der Waals surface area (Å²) >= 11 is 0. The minimum atomic E-state index is -0.621. The maximum absolute atomic E-state index is 12.3. The summed E-state index contributed by atoms with van der Waals surface area (Å²) in [6.07, 6.45) is 0.335. The van der Waals surface area contributed by atoms with Gasteiger partial charge in [0.25, 0.3) is 5.91 Å². The highest BCUT2D eigenvalue weighted by atomic mass is 16.5. The van der Waals surface area contributed by atoms with Crippen LogP contribution in [-0.4, -0.2) is 52.1 Å². The molecule has 1 unspecified atom stereocenters. The standard InChI is InChI=1S/C25H27N5O4/c1-4-18-8-10-20(11-9-18)34-17(2)25(31)26-14-15-33-23-13-12-22-27-28-24(30(22)29-23)19-6-5-7-21(16-19)32-3/h5-13,16-17H,4,14-15H2,1-3H3,(H,26,31). The molecule has 0 saturated heterocycles. The maximum atomic E-state index is 12.3. The topological polar surface area (TPSA) is 99.9 Å². The third-order valence-electron chi connectivity index (χ3n) is 5.23. The Morgan fingerprint density at radius 1 is 1.06 bits per heavy atom. The van der Waals surface area contributed by atoms with E-state index in [1.807, 2.05) is 48.5 Å². The summed E-state index contributed by atoms with van der Waals surface area (Å²) in [4.78, 5) is 12.3. The van der Waals surface area contributed by atoms with Crippen molar-refractivity contribution < 1.29 is 19.0 Å². The van der Waals surface area contributed by atoms with Crippen LogP contribution in [0.4, 0.5) is 0 Å². The van der Waals surface area contributed by atoms with Gasteiger partial charge in [-0.3, -0.25) is 4.79 Å². The van der Waals surface area contributed by atoms with E-state index < -0.39 is 6.10 Å². The van der Waals surface area contributed by atoms with E-state index in [2.05, 4.69) is 27.5 Å². The summed E-state index contributed by atoms with van der Waals surface area (Å²) < 4.78 is 18.3. The third-order valence-corrected chi connectivity index (χ3v) is 5.23. The molecular weight excluding hydrogens is 434 g/mol. The number of hydrogen-bond donors (Lipinski definition) is 1. The van der Waals surface area contributed by atoms with E-state index in [-0.39, 0.29) is 12.5 Å². The Labute approximate surface area is 197 Å². The zero-order valence-electron chi connectivity index (χ0n) is 19.4. The minimum absolute atomic E-state index is 0.217. The summed E-state index contributed by atoms with van der Waals surface area (Å²) in [5.41, 5.74) is 2.63. The van der Waals surface area contributed by atoms with Crippen molar-refractivity contribution >= 4 is 11.6 Å². The first kappa shape index (κ1) is 23.0. The Morgan fingerprint density at radius 3 is 2.65 bits per heavy atom. The molecule has 1 amide bonds. The molecule has 0 aliphatic heterocycles. The van der Waals surface area contributed by atoms with Crippen molar-refractivity contribution in [2.75, 3.05) is 20.3 Å². The van der Waals surface area contributed by atoms with Gasteiger partial charge in [-0.15, -0.1) is 15.3 Å². The largest absolute Gasteiger partial charge is 0.497 e. The van der Waals surface area contributed by atoms with Gasteiger partial charge < -0.3 is 19.5 Å². The van der Waals surface area contributed by atoms with Gasteiger partial charge in [0.2, 0.25) is 5.88 Å². The van der Waals surface area contributed by atoms with Gasteiger partial charge in [-0.1, -0.05) is 31.2 Å². The number of carbonyl (C=O) groups is 1. The van der Waals surface area contributed by atoms with Crippen LogP contribution in [0.3, 0.4) is 0 Å². The number of carbonyl (C=O) groups excluding carboxylic acids is 1. The van der Waals surface area contributed by atoms with Crippen molar-refractivity contribution in [3.05, 3.63) is 66.2 Å². The molecule has 0 saturated carbocycles. The molecule has 0 radical (unpaired) electrons. The second-order valence-electron chi connectivity index (χ2n) is 7.59. The average Bonchev–Trinajstić information content (AvgIpc) is 3.30. The van der Waals surface area contributed by atoms with Crippen LogP contribution in [0.25, 0.3) is 17.0 Å². The van der Waals surface area contributed by atoms with E-state index in [0.29, 0.717) is 35.4 Å². The number of aromatic nitrogens is 4. The van der Waals surface area contributed by atoms with Gasteiger partial charge in [0, 0.05) is 11.6 Å². The maximum Gasteiger partial charge on any atom is 0.260 e. The molecule has 2 aromatic carbocycles. The lowest BCUT2D eigenvalue weighted by Gasteiger charge is -2.15. The second kappa shape index (κ2) is 10.7. The fourth-order valence-electron chi connectivity index (χ4n) is 3.33. The highest BCUT2D eigenvalue weighted by molar-refractivity contribution is 5.80. The van der Waals surface area contributed by atoms with Crippen LogP contribution in [0.2, 0.25) is 0 Å². The van der Waals surface area contributed by atoms with Crippen molar-refractivity contribution in [2.45, 2.75) is 26.4 Å². The Kier molecular flexibility index (Phi) is 7.22. The lowest BCUT2D eigenvalue weighted by Crippen LogP contribution is -2.38. The van der Waals surface area contributed by atoms with Gasteiger partial charge in [0.05, 0.1) is 13.7 Å². The number of hydrogen-bond acceptors (Lipinski definition) is 7. The van der Waals surface area contributed by atoms with Gasteiger partial charge in [-0.2, -0.15) is 4.52 Å². The summed E-state index contributed by atoms with van der Waals surface area (Å²) in [7, 11) is 1.61.